The lowest BCUT2D eigenvalue weighted by Crippen LogP contribution is -2.62. The maximum Gasteiger partial charge on any atom is 0.200 e. The molecule has 30 heavy (non-hydrogen) atoms. The van der Waals surface area contributed by atoms with Crippen LogP contribution in [0, 0.1) is 0 Å². The number of ether oxygens (including phenoxy) is 5. The smallest absolute Gasteiger partial charge is 0.200 e. The van der Waals surface area contributed by atoms with E-state index in [2.05, 4.69) is 41.5 Å². The summed E-state index contributed by atoms with van der Waals surface area (Å²) in [7, 11) is 1.08. The summed E-state index contributed by atoms with van der Waals surface area (Å²) in [5.41, 5.74) is 0.700. The molecule has 1 aliphatic heterocycles. The average molecular weight is 451 g/mol. The van der Waals surface area contributed by atoms with Gasteiger partial charge in [0.1, 0.15) is 19.2 Å². The molecule has 1 N–H and O–H groups in total. The first kappa shape index (κ1) is 28.0. The Hall–Kier alpha value is -0.0631. The second-order valence-corrected chi connectivity index (χ2v) is 14.9. The molecule has 0 unspecified atom stereocenters. The molecule has 0 spiro atoms. The number of rotatable bonds is 14. The van der Waals surface area contributed by atoms with Crippen molar-refractivity contribution in [2.45, 2.75) is 102 Å². The van der Waals surface area contributed by atoms with Crippen LogP contribution in [0.4, 0.5) is 0 Å². The average Bonchev–Trinajstić information content (AvgIpc) is 2.66. The van der Waals surface area contributed by atoms with Gasteiger partial charge in [-0.25, -0.2) is 0 Å². The zero-order valence-electron chi connectivity index (χ0n) is 20.6. The molecule has 1 saturated heterocycles. The minimum atomic E-state index is -2.12. The summed E-state index contributed by atoms with van der Waals surface area (Å²) < 4.78 is 35.5. The summed E-state index contributed by atoms with van der Waals surface area (Å²) >= 11 is 0. The van der Waals surface area contributed by atoms with E-state index < -0.39 is 13.9 Å². The van der Waals surface area contributed by atoms with E-state index in [0.29, 0.717) is 36.1 Å². The highest BCUT2D eigenvalue weighted by Crippen LogP contribution is 2.46. The molecule has 1 aliphatic rings. The molecule has 180 valence electrons. The zero-order valence-corrected chi connectivity index (χ0v) is 21.6. The number of methoxy groups -OCH3 is 2. The van der Waals surface area contributed by atoms with Crippen LogP contribution in [0.1, 0.15) is 61.3 Å². The van der Waals surface area contributed by atoms with Crippen molar-refractivity contribution in [2.75, 3.05) is 41.0 Å². The van der Waals surface area contributed by atoms with E-state index in [1.54, 1.807) is 14.2 Å². The molecule has 7 nitrogen and oxygen atoms in total. The van der Waals surface area contributed by atoms with Gasteiger partial charge in [-0.1, -0.05) is 41.5 Å². The Balaban J connectivity index is 3.20. The standard InChI is InChI=1S/C22H46O7Si/c1-16(2)30(17(3)4,18(5)6)29-20-12-21(27-15-25-9)22(7,13-26-14-24-8)28-19(20)10-11-23/h16-21,23H,10-15H2,1-9H3/t19-,20+,21-,22+/m0/s1. The minimum Gasteiger partial charge on any atom is -0.410 e. The SMILES string of the molecule is COCOC[C@@]1(C)O[C@@H](CCO)[C@H](O[Si](C(C)C)(C(C)C)C(C)C)C[C@@H]1OCOC. The van der Waals surface area contributed by atoms with Gasteiger partial charge in [-0.3, -0.25) is 0 Å². The van der Waals surface area contributed by atoms with Gasteiger partial charge >= 0.3 is 0 Å². The molecule has 0 amide bonds. The van der Waals surface area contributed by atoms with Gasteiger partial charge < -0.3 is 33.2 Å². The predicted molar refractivity (Wildman–Crippen MR) is 120 cm³/mol. The highest BCUT2D eigenvalue weighted by molar-refractivity contribution is 6.77. The largest absolute Gasteiger partial charge is 0.410 e. The molecule has 1 fully saturated rings. The lowest BCUT2D eigenvalue weighted by atomic mass is 9.88. The molecule has 1 heterocycles. The predicted octanol–water partition coefficient (Wildman–Crippen LogP) is 4.09. The first-order valence-corrected chi connectivity index (χ1v) is 13.4. The molecule has 0 aliphatic carbocycles. The molecule has 4 atom stereocenters. The molecular formula is C22H46O7Si. The van der Waals surface area contributed by atoms with Gasteiger partial charge in [0.15, 0.2) is 0 Å². The van der Waals surface area contributed by atoms with E-state index in [1.807, 2.05) is 6.92 Å². The van der Waals surface area contributed by atoms with Gasteiger partial charge in [0, 0.05) is 27.2 Å². The molecule has 0 aromatic carbocycles. The molecule has 0 saturated carbocycles. The van der Waals surface area contributed by atoms with Crippen LogP contribution in [0.5, 0.6) is 0 Å². The highest BCUT2D eigenvalue weighted by Gasteiger charge is 2.52. The number of aliphatic hydroxyl groups is 1. The first-order valence-electron chi connectivity index (χ1n) is 11.2. The lowest BCUT2D eigenvalue weighted by molar-refractivity contribution is -0.265. The van der Waals surface area contributed by atoms with E-state index in [1.165, 1.54) is 0 Å². The van der Waals surface area contributed by atoms with Gasteiger partial charge in [-0.05, 0) is 30.0 Å². The number of hydrogen-bond acceptors (Lipinski definition) is 7. The van der Waals surface area contributed by atoms with Crippen LogP contribution < -0.4 is 0 Å². The van der Waals surface area contributed by atoms with Crippen molar-refractivity contribution >= 4 is 8.32 Å². The quantitative estimate of drug-likeness (QED) is 0.243. The highest BCUT2D eigenvalue weighted by atomic mass is 28.4. The van der Waals surface area contributed by atoms with Crippen molar-refractivity contribution in [1.29, 1.82) is 0 Å². The molecule has 0 bridgehead atoms. The monoisotopic (exact) mass is 450 g/mol. The number of hydrogen-bond donors (Lipinski definition) is 1. The van der Waals surface area contributed by atoms with Crippen LogP contribution in [-0.2, 0) is 28.1 Å². The Kier molecular flexibility index (Phi) is 12.0. The number of aliphatic hydroxyl groups excluding tert-OH is 1. The van der Waals surface area contributed by atoms with E-state index in [-0.39, 0.29) is 38.5 Å². The van der Waals surface area contributed by atoms with E-state index in [4.69, 9.17) is 28.1 Å². The van der Waals surface area contributed by atoms with Crippen molar-refractivity contribution in [3.63, 3.8) is 0 Å². The Morgan fingerprint density at radius 1 is 1.00 bits per heavy atom. The summed E-state index contributed by atoms with van der Waals surface area (Å²) in [6.07, 6.45) is 0.555. The van der Waals surface area contributed by atoms with Crippen LogP contribution in [0.2, 0.25) is 16.6 Å². The van der Waals surface area contributed by atoms with Crippen LogP contribution in [0.25, 0.3) is 0 Å². The maximum atomic E-state index is 9.73. The Morgan fingerprint density at radius 3 is 2.03 bits per heavy atom. The zero-order chi connectivity index (χ0) is 22.9. The topological polar surface area (TPSA) is 75.6 Å². The summed E-state index contributed by atoms with van der Waals surface area (Å²) in [4.78, 5) is 0. The summed E-state index contributed by atoms with van der Waals surface area (Å²) in [6.45, 7) is 16.4. The molecular weight excluding hydrogens is 404 g/mol. The summed E-state index contributed by atoms with van der Waals surface area (Å²) in [5, 5.41) is 9.73. The fourth-order valence-corrected chi connectivity index (χ4v) is 10.7. The van der Waals surface area contributed by atoms with Gasteiger partial charge in [0.25, 0.3) is 0 Å². The summed E-state index contributed by atoms with van der Waals surface area (Å²) in [5.74, 6) is 0. The van der Waals surface area contributed by atoms with E-state index in [9.17, 15) is 5.11 Å². The first-order chi connectivity index (χ1) is 14.1. The summed E-state index contributed by atoms with van der Waals surface area (Å²) in [6, 6.07) is 0. The molecule has 0 radical (unpaired) electrons. The lowest BCUT2D eigenvalue weighted by Gasteiger charge is -2.52. The van der Waals surface area contributed by atoms with Gasteiger partial charge in [0.05, 0.1) is 24.9 Å². The third-order valence-electron chi connectivity index (χ3n) is 6.42. The van der Waals surface area contributed by atoms with E-state index >= 15 is 0 Å². The fourth-order valence-electron chi connectivity index (χ4n) is 5.13. The third kappa shape index (κ3) is 6.72. The van der Waals surface area contributed by atoms with Crippen molar-refractivity contribution in [3.8, 4) is 0 Å². The van der Waals surface area contributed by atoms with Crippen LogP contribution >= 0.6 is 0 Å². The van der Waals surface area contributed by atoms with Crippen LogP contribution in [0.3, 0.4) is 0 Å². The van der Waals surface area contributed by atoms with Gasteiger partial charge in [-0.15, -0.1) is 0 Å². The van der Waals surface area contributed by atoms with Crippen LogP contribution in [-0.4, -0.2) is 78.4 Å². The molecule has 8 heteroatoms. The molecule has 0 aromatic rings. The molecule has 0 aromatic heterocycles. The second-order valence-electron chi connectivity index (χ2n) is 9.51. The van der Waals surface area contributed by atoms with Crippen LogP contribution in [0.15, 0.2) is 0 Å². The van der Waals surface area contributed by atoms with E-state index in [0.717, 1.165) is 0 Å². The minimum absolute atomic E-state index is 0.0444. The maximum absolute atomic E-state index is 9.73. The normalized spacial score (nSPS) is 28.1. The van der Waals surface area contributed by atoms with Crippen molar-refractivity contribution in [3.05, 3.63) is 0 Å². The Bertz CT molecular complexity index is 453. The third-order valence-corrected chi connectivity index (χ3v) is 12.5. The second kappa shape index (κ2) is 12.8. The van der Waals surface area contributed by atoms with Gasteiger partial charge in [0.2, 0.25) is 8.32 Å². The fraction of sp³-hybridized carbons (Fsp3) is 1.00. The van der Waals surface area contributed by atoms with Crippen molar-refractivity contribution < 1.29 is 33.2 Å². The Labute approximate surface area is 184 Å². The van der Waals surface area contributed by atoms with Crippen molar-refractivity contribution in [2.24, 2.45) is 0 Å². The Morgan fingerprint density at radius 2 is 1.57 bits per heavy atom. The van der Waals surface area contributed by atoms with Crippen molar-refractivity contribution in [1.82, 2.24) is 0 Å². The molecule has 1 rings (SSSR count). The van der Waals surface area contributed by atoms with Gasteiger partial charge in [-0.2, -0.15) is 0 Å².